The van der Waals surface area contributed by atoms with E-state index in [1.165, 1.54) is 17.5 Å². The number of hydrogen-bond acceptors (Lipinski definition) is 3. The zero-order chi connectivity index (χ0) is 16.9. The van der Waals surface area contributed by atoms with Crippen LogP contribution < -0.4 is 15.4 Å². The maximum Gasteiger partial charge on any atom is 0.319 e. The van der Waals surface area contributed by atoms with Crippen LogP contribution in [0, 0.1) is 0 Å². The topological polar surface area (TPSA) is 70.6 Å². The molecule has 5 heteroatoms. The number of rotatable bonds is 5. The molecule has 3 N–H and O–H groups in total. The Labute approximate surface area is 141 Å². The highest BCUT2D eigenvalue weighted by Crippen LogP contribution is 2.24. The van der Waals surface area contributed by atoms with Crippen molar-refractivity contribution in [3.63, 3.8) is 0 Å². The summed E-state index contributed by atoms with van der Waals surface area (Å²) in [4.78, 5) is 12.0. The van der Waals surface area contributed by atoms with E-state index in [4.69, 9.17) is 4.74 Å². The number of methoxy groups -OCH3 is 1. The van der Waals surface area contributed by atoms with Crippen LogP contribution >= 0.6 is 0 Å². The molecule has 0 saturated carbocycles. The first-order valence-electron chi connectivity index (χ1n) is 8.14. The van der Waals surface area contributed by atoms with Crippen molar-refractivity contribution in [2.24, 2.45) is 0 Å². The minimum absolute atomic E-state index is 0.142. The lowest BCUT2D eigenvalue weighted by Gasteiger charge is -2.14. The maximum atomic E-state index is 12.0. The van der Waals surface area contributed by atoms with Gasteiger partial charge in [-0.15, -0.1) is 0 Å². The summed E-state index contributed by atoms with van der Waals surface area (Å²) in [5.74, 6) is 0.730. The van der Waals surface area contributed by atoms with E-state index in [0.29, 0.717) is 0 Å². The van der Waals surface area contributed by atoms with Crippen molar-refractivity contribution in [3.8, 4) is 5.75 Å². The lowest BCUT2D eigenvalue weighted by atomic mass is 10.1. The molecule has 2 aromatic carbocycles. The predicted octanol–water partition coefficient (Wildman–Crippen LogP) is 3.04. The largest absolute Gasteiger partial charge is 0.497 e. The molecule has 0 bridgehead atoms. The minimum Gasteiger partial charge on any atom is -0.497 e. The number of aryl methyl sites for hydroxylation is 2. The summed E-state index contributed by atoms with van der Waals surface area (Å²) in [6.07, 6.45) is 2.61. The Hall–Kier alpha value is -2.53. The number of nitrogens with one attached hydrogen (secondary N) is 2. The van der Waals surface area contributed by atoms with Crippen LogP contribution in [0.3, 0.4) is 0 Å². The highest BCUT2D eigenvalue weighted by atomic mass is 16.5. The first-order chi connectivity index (χ1) is 11.7. The summed E-state index contributed by atoms with van der Waals surface area (Å²) in [5.41, 5.74) is 4.20. The Morgan fingerprint density at radius 2 is 1.92 bits per heavy atom. The molecule has 0 saturated heterocycles. The monoisotopic (exact) mass is 326 g/mol. The van der Waals surface area contributed by atoms with Gasteiger partial charge in [-0.1, -0.05) is 18.2 Å². The molecule has 0 heterocycles. The maximum absolute atomic E-state index is 12.0. The van der Waals surface area contributed by atoms with Crippen molar-refractivity contribution in [2.75, 3.05) is 19.0 Å². The van der Waals surface area contributed by atoms with Gasteiger partial charge >= 0.3 is 6.03 Å². The minimum atomic E-state index is -0.762. The summed E-state index contributed by atoms with van der Waals surface area (Å²) in [7, 11) is 1.59. The van der Waals surface area contributed by atoms with Crippen molar-refractivity contribution in [2.45, 2.75) is 25.4 Å². The third-order valence-electron chi connectivity index (χ3n) is 4.31. The van der Waals surface area contributed by atoms with Crippen LogP contribution in [-0.4, -0.2) is 24.8 Å². The Balaban J connectivity index is 1.51. The molecule has 2 amide bonds. The highest BCUT2D eigenvalue weighted by Gasteiger charge is 2.13. The molecule has 2 aromatic rings. The number of amides is 2. The summed E-state index contributed by atoms with van der Waals surface area (Å²) < 4.78 is 5.08. The number of aliphatic hydroxyl groups excluding tert-OH is 1. The van der Waals surface area contributed by atoms with Gasteiger partial charge in [0, 0.05) is 12.2 Å². The van der Waals surface area contributed by atoms with Crippen molar-refractivity contribution < 1.29 is 14.6 Å². The van der Waals surface area contributed by atoms with E-state index >= 15 is 0 Å². The van der Waals surface area contributed by atoms with Crippen LogP contribution in [0.4, 0.5) is 10.5 Å². The molecule has 0 aliphatic heterocycles. The number of urea groups is 1. The molecule has 0 aromatic heterocycles. The van der Waals surface area contributed by atoms with Gasteiger partial charge in [-0.3, -0.25) is 0 Å². The molecule has 24 heavy (non-hydrogen) atoms. The number of anilines is 1. The van der Waals surface area contributed by atoms with Crippen molar-refractivity contribution >= 4 is 11.7 Å². The van der Waals surface area contributed by atoms with E-state index < -0.39 is 6.10 Å². The zero-order valence-electron chi connectivity index (χ0n) is 13.7. The van der Waals surface area contributed by atoms with Crippen LogP contribution in [0.25, 0.3) is 0 Å². The second-order valence-electron chi connectivity index (χ2n) is 5.96. The van der Waals surface area contributed by atoms with E-state index in [1.54, 1.807) is 31.4 Å². The third-order valence-corrected chi connectivity index (χ3v) is 4.31. The Morgan fingerprint density at radius 3 is 2.67 bits per heavy atom. The SMILES string of the molecule is COc1ccc(C(O)CNC(=O)Nc2ccc3c(c2)CCC3)cc1. The molecule has 3 rings (SSSR count). The van der Waals surface area contributed by atoms with E-state index in [1.807, 2.05) is 12.1 Å². The fourth-order valence-electron chi connectivity index (χ4n) is 2.96. The van der Waals surface area contributed by atoms with Crippen LogP contribution in [0.15, 0.2) is 42.5 Å². The van der Waals surface area contributed by atoms with Gasteiger partial charge in [-0.2, -0.15) is 0 Å². The predicted molar refractivity (Wildman–Crippen MR) is 93.4 cm³/mol. The highest BCUT2D eigenvalue weighted by molar-refractivity contribution is 5.89. The smallest absolute Gasteiger partial charge is 0.319 e. The molecule has 5 nitrogen and oxygen atoms in total. The van der Waals surface area contributed by atoms with Gasteiger partial charge in [0.15, 0.2) is 0 Å². The number of fused-ring (bicyclic) bond motifs is 1. The van der Waals surface area contributed by atoms with E-state index in [2.05, 4.69) is 16.7 Å². The van der Waals surface area contributed by atoms with Crippen LogP contribution in [0.5, 0.6) is 5.75 Å². The molecular weight excluding hydrogens is 304 g/mol. The van der Waals surface area contributed by atoms with E-state index in [9.17, 15) is 9.90 Å². The lowest BCUT2D eigenvalue weighted by molar-refractivity contribution is 0.175. The number of aliphatic hydroxyl groups is 1. The first kappa shape index (κ1) is 16.3. The number of carbonyl (C=O) groups excluding carboxylic acids is 1. The number of ether oxygens (including phenoxy) is 1. The molecule has 126 valence electrons. The fourth-order valence-corrected chi connectivity index (χ4v) is 2.96. The molecule has 1 atom stereocenters. The van der Waals surface area contributed by atoms with Crippen molar-refractivity contribution in [1.82, 2.24) is 5.32 Å². The summed E-state index contributed by atoms with van der Waals surface area (Å²) >= 11 is 0. The molecule has 1 unspecified atom stereocenters. The molecule has 1 aliphatic rings. The van der Waals surface area contributed by atoms with Gasteiger partial charge in [-0.25, -0.2) is 4.79 Å². The zero-order valence-corrected chi connectivity index (χ0v) is 13.7. The average Bonchev–Trinajstić information content (AvgIpc) is 3.07. The van der Waals surface area contributed by atoms with Gasteiger partial charge in [0.05, 0.1) is 13.2 Å². The van der Waals surface area contributed by atoms with Gasteiger partial charge in [-0.05, 0) is 60.2 Å². The normalized spacial score (nSPS) is 13.9. The lowest BCUT2D eigenvalue weighted by Crippen LogP contribution is -2.32. The third kappa shape index (κ3) is 3.86. The molecule has 0 spiro atoms. The Morgan fingerprint density at radius 1 is 1.17 bits per heavy atom. The van der Waals surface area contributed by atoms with Gasteiger partial charge in [0.2, 0.25) is 0 Å². The molecule has 0 radical (unpaired) electrons. The average molecular weight is 326 g/mol. The van der Waals surface area contributed by atoms with Gasteiger partial charge < -0.3 is 20.5 Å². The van der Waals surface area contributed by atoms with Crippen LogP contribution in [-0.2, 0) is 12.8 Å². The second-order valence-corrected chi connectivity index (χ2v) is 5.96. The second kappa shape index (κ2) is 7.36. The number of carbonyl (C=O) groups is 1. The quantitative estimate of drug-likeness (QED) is 0.791. The molecular formula is C19H22N2O3. The van der Waals surface area contributed by atoms with E-state index in [-0.39, 0.29) is 12.6 Å². The number of benzene rings is 2. The standard InChI is InChI=1S/C19H22N2O3/c1-24-17-9-6-14(7-10-17)18(22)12-20-19(23)21-16-8-5-13-3-2-4-15(13)11-16/h5-11,18,22H,2-4,12H2,1H3,(H2,20,21,23). The van der Waals surface area contributed by atoms with Crippen LogP contribution in [0.1, 0.15) is 29.2 Å². The van der Waals surface area contributed by atoms with Crippen molar-refractivity contribution in [1.29, 1.82) is 0 Å². The Kier molecular flexibility index (Phi) is 5.01. The Bertz CT molecular complexity index is 713. The summed E-state index contributed by atoms with van der Waals surface area (Å²) in [5, 5.41) is 15.7. The van der Waals surface area contributed by atoms with E-state index in [0.717, 1.165) is 29.8 Å². The fraction of sp³-hybridized carbons (Fsp3) is 0.316. The summed E-state index contributed by atoms with van der Waals surface area (Å²) in [6, 6.07) is 12.8. The van der Waals surface area contributed by atoms with Crippen LogP contribution in [0.2, 0.25) is 0 Å². The van der Waals surface area contributed by atoms with Gasteiger partial charge in [0.1, 0.15) is 5.75 Å². The summed E-state index contributed by atoms with van der Waals surface area (Å²) in [6.45, 7) is 0.142. The van der Waals surface area contributed by atoms with Gasteiger partial charge in [0.25, 0.3) is 0 Å². The molecule has 0 fully saturated rings. The molecule has 1 aliphatic carbocycles. The first-order valence-corrected chi connectivity index (χ1v) is 8.14. The number of hydrogen-bond donors (Lipinski definition) is 3. The van der Waals surface area contributed by atoms with Crippen molar-refractivity contribution in [3.05, 3.63) is 59.2 Å².